The third kappa shape index (κ3) is 4.36. The van der Waals surface area contributed by atoms with Crippen molar-refractivity contribution in [2.45, 2.75) is 20.5 Å². The van der Waals surface area contributed by atoms with Crippen LogP contribution in [-0.4, -0.2) is 13.3 Å². The summed E-state index contributed by atoms with van der Waals surface area (Å²) in [4.78, 5) is 4.31. The maximum Gasteiger partial charge on any atom is 0.237 e. The lowest BCUT2D eigenvalue weighted by Gasteiger charge is -2.11. The second-order valence-corrected chi connectivity index (χ2v) is 6.60. The lowest BCUT2D eigenvalue weighted by Crippen LogP contribution is -1.98. The van der Waals surface area contributed by atoms with Crippen LogP contribution in [0.5, 0.6) is 11.5 Å². The van der Waals surface area contributed by atoms with Crippen molar-refractivity contribution < 1.29 is 13.9 Å². The molecular formula is C22H19ClN2O3. The third-order valence-electron chi connectivity index (χ3n) is 4.30. The molecule has 0 unspecified atom stereocenters. The fourth-order valence-corrected chi connectivity index (χ4v) is 2.72. The van der Waals surface area contributed by atoms with Gasteiger partial charge in [0.15, 0.2) is 11.5 Å². The molecule has 0 spiro atoms. The number of ether oxygens (including phenoxy) is 2. The van der Waals surface area contributed by atoms with Gasteiger partial charge in [0.1, 0.15) is 24.0 Å². The highest BCUT2D eigenvalue weighted by Gasteiger charge is 2.13. The molecule has 3 aromatic rings. The molecule has 0 aliphatic carbocycles. The van der Waals surface area contributed by atoms with Gasteiger partial charge in [0.25, 0.3) is 0 Å². The molecule has 0 fully saturated rings. The minimum absolute atomic E-state index is 0.305. The number of nitrogens with zero attached hydrogens (tertiary/aromatic N) is 2. The van der Waals surface area contributed by atoms with Gasteiger partial charge in [-0.05, 0) is 55.3 Å². The molecule has 28 heavy (non-hydrogen) atoms. The molecule has 0 atom stereocenters. The van der Waals surface area contributed by atoms with E-state index in [2.05, 4.69) is 11.1 Å². The van der Waals surface area contributed by atoms with Crippen LogP contribution in [0.2, 0.25) is 5.02 Å². The molecule has 1 aromatic heterocycles. The van der Waals surface area contributed by atoms with Gasteiger partial charge in [0.05, 0.1) is 7.11 Å². The molecule has 2 aromatic carbocycles. The normalized spacial score (nSPS) is 10.8. The average Bonchev–Trinajstić information content (AvgIpc) is 2.99. The second kappa shape index (κ2) is 8.64. The van der Waals surface area contributed by atoms with Crippen molar-refractivity contribution in [2.75, 3.05) is 7.11 Å². The van der Waals surface area contributed by atoms with E-state index >= 15 is 0 Å². The zero-order valence-electron chi connectivity index (χ0n) is 15.8. The van der Waals surface area contributed by atoms with Gasteiger partial charge in [0, 0.05) is 16.8 Å². The first-order valence-corrected chi connectivity index (χ1v) is 8.99. The standard InChI is InChI=1S/C22H19ClN2O3/c1-14-15(2)28-22(19(14)11-24)25-12-17-6-9-20(21(10-17)26-3)27-13-16-4-7-18(23)8-5-16/h4-10,12H,13H2,1-3H3. The smallest absolute Gasteiger partial charge is 0.237 e. The molecule has 3 rings (SSSR count). The molecule has 0 amide bonds. The van der Waals surface area contributed by atoms with Gasteiger partial charge in [-0.1, -0.05) is 23.7 Å². The van der Waals surface area contributed by atoms with Crippen LogP contribution in [0.15, 0.2) is 51.9 Å². The second-order valence-electron chi connectivity index (χ2n) is 6.16. The molecule has 0 aliphatic rings. The first-order chi connectivity index (χ1) is 13.5. The number of hydrogen-bond acceptors (Lipinski definition) is 5. The van der Waals surface area contributed by atoms with Crippen molar-refractivity contribution in [3.05, 3.63) is 75.5 Å². The van der Waals surface area contributed by atoms with Crippen molar-refractivity contribution in [2.24, 2.45) is 4.99 Å². The summed E-state index contributed by atoms with van der Waals surface area (Å²) in [6, 6.07) is 15.1. The monoisotopic (exact) mass is 394 g/mol. The highest BCUT2D eigenvalue weighted by molar-refractivity contribution is 6.30. The molecule has 142 valence electrons. The SMILES string of the molecule is COc1cc(C=Nc2oc(C)c(C)c2C#N)ccc1OCc1ccc(Cl)cc1. The van der Waals surface area contributed by atoms with E-state index in [0.717, 1.165) is 16.7 Å². The van der Waals surface area contributed by atoms with Gasteiger partial charge < -0.3 is 13.9 Å². The highest BCUT2D eigenvalue weighted by atomic mass is 35.5. The Morgan fingerprint density at radius 3 is 2.57 bits per heavy atom. The van der Waals surface area contributed by atoms with Crippen LogP contribution in [0.3, 0.4) is 0 Å². The predicted octanol–water partition coefficient (Wildman–Crippen LogP) is 5.76. The van der Waals surface area contributed by atoms with Crippen LogP contribution < -0.4 is 9.47 Å². The van der Waals surface area contributed by atoms with Gasteiger partial charge in [-0.15, -0.1) is 0 Å². The van der Waals surface area contributed by atoms with Gasteiger partial charge in [0.2, 0.25) is 5.88 Å². The number of halogens is 1. The minimum Gasteiger partial charge on any atom is -0.493 e. The Hall–Kier alpha value is -3.23. The van der Waals surface area contributed by atoms with E-state index in [1.165, 1.54) is 0 Å². The van der Waals surface area contributed by atoms with Crippen LogP contribution in [0.1, 0.15) is 28.0 Å². The Labute approximate surface area is 168 Å². The Kier molecular flexibility index (Phi) is 6.03. The van der Waals surface area contributed by atoms with Crippen molar-refractivity contribution in [3.63, 3.8) is 0 Å². The van der Waals surface area contributed by atoms with E-state index in [1.54, 1.807) is 13.3 Å². The molecule has 5 nitrogen and oxygen atoms in total. The first kappa shape index (κ1) is 19.5. The number of methoxy groups -OCH3 is 1. The number of aliphatic imine (C=N–C) groups is 1. The van der Waals surface area contributed by atoms with Gasteiger partial charge in [-0.2, -0.15) is 5.26 Å². The molecular weight excluding hydrogens is 376 g/mol. The van der Waals surface area contributed by atoms with E-state index in [4.69, 9.17) is 25.5 Å². The lowest BCUT2D eigenvalue weighted by molar-refractivity contribution is 0.284. The van der Waals surface area contributed by atoms with Crippen LogP contribution in [0.25, 0.3) is 0 Å². The molecule has 1 heterocycles. The zero-order valence-corrected chi connectivity index (χ0v) is 16.6. The Bertz CT molecular complexity index is 1050. The molecule has 0 bridgehead atoms. The summed E-state index contributed by atoms with van der Waals surface area (Å²) in [7, 11) is 1.58. The molecule has 0 saturated heterocycles. The number of hydrogen-bond donors (Lipinski definition) is 0. The van der Waals surface area contributed by atoms with Gasteiger partial charge >= 0.3 is 0 Å². The summed E-state index contributed by atoms with van der Waals surface area (Å²) in [5.41, 5.74) is 3.05. The highest BCUT2D eigenvalue weighted by Crippen LogP contribution is 2.30. The fraction of sp³-hybridized carbons (Fsp3) is 0.182. The zero-order chi connectivity index (χ0) is 20.1. The topological polar surface area (TPSA) is 67.8 Å². The Balaban J connectivity index is 1.76. The Morgan fingerprint density at radius 1 is 1.14 bits per heavy atom. The van der Waals surface area contributed by atoms with E-state index < -0.39 is 0 Å². The first-order valence-electron chi connectivity index (χ1n) is 8.61. The van der Waals surface area contributed by atoms with Crippen LogP contribution in [0.4, 0.5) is 5.88 Å². The number of rotatable bonds is 6. The van der Waals surface area contributed by atoms with Crippen LogP contribution in [-0.2, 0) is 6.61 Å². The number of benzene rings is 2. The maximum absolute atomic E-state index is 9.27. The minimum atomic E-state index is 0.305. The summed E-state index contributed by atoms with van der Waals surface area (Å²) < 4.78 is 16.8. The summed E-state index contributed by atoms with van der Waals surface area (Å²) in [5.74, 6) is 2.20. The predicted molar refractivity (Wildman–Crippen MR) is 109 cm³/mol. The van der Waals surface area contributed by atoms with Crippen molar-refractivity contribution >= 4 is 23.7 Å². The van der Waals surface area contributed by atoms with E-state index in [1.807, 2.05) is 56.3 Å². The fourth-order valence-electron chi connectivity index (χ4n) is 2.59. The van der Waals surface area contributed by atoms with Crippen molar-refractivity contribution in [3.8, 4) is 17.6 Å². The molecule has 0 radical (unpaired) electrons. The molecule has 6 heteroatoms. The lowest BCUT2D eigenvalue weighted by atomic mass is 10.2. The largest absolute Gasteiger partial charge is 0.493 e. The van der Waals surface area contributed by atoms with E-state index in [-0.39, 0.29) is 0 Å². The third-order valence-corrected chi connectivity index (χ3v) is 4.56. The number of furan rings is 1. The average molecular weight is 395 g/mol. The maximum atomic E-state index is 9.27. The van der Waals surface area contributed by atoms with Crippen LogP contribution >= 0.6 is 11.6 Å². The summed E-state index contributed by atoms with van der Waals surface area (Å²) in [6.07, 6.45) is 1.63. The van der Waals surface area contributed by atoms with Crippen molar-refractivity contribution in [1.29, 1.82) is 5.26 Å². The number of nitriles is 1. The summed E-state index contributed by atoms with van der Waals surface area (Å²) >= 11 is 5.90. The summed E-state index contributed by atoms with van der Waals surface area (Å²) in [5, 5.41) is 9.96. The molecule has 0 aliphatic heterocycles. The van der Waals surface area contributed by atoms with Crippen LogP contribution in [0, 0.1) is 25.2 Å². The van der Waals surface area contributed by atoms with Gasteiger partial charge in [-0.3, -0.25) is 0 Å². The molecule has 0 saturated carbocycles. The molecule has 0 N–H and O–H groups in total. The summed E-state index contributed by atoms with van der Waals surface area (Å²) in [6.45, 7) is 4.05. The van der Waals surface area contributed by atoms with Gasteiger partial charge in [-0.25, -0.2) is 4.99 Å². The Morgan fingerprint density at radius 2 is 1.89 bits per heavy atom. The quantitative estimate of drug-likeness (QED) is 0.498. The van der Waals surface area contributed by atoms with Crippen molar-refractivity contribution in [1.82, 2.24) is 0 Å². The number of aryl methyl sites for hydroxylation is 1. The van der Waals surface area contributed by atoms with E-state index in [9.17, 15) is 5.26 Å². The van der Waals surface area contributed by atoms with E-state index in [0.29, 0.717) is 40.3 Å².